The lowest BCUT2D eigenvalue weighted by Gasteiger charge is -2.21. The predicted octanol–water partition coefficient (Wildman–Crippen LogP) is 2.71. The second-order valence-corrected chi connectivity index (χ2v) is 6.75. The molecule has 0 radical (unpaired) electrons. The van der Waals surface area contributed by atoms with Gasteiger partial charge in [0.1, 0.15) is 5.82 Å². The van der Waals surface area contributed by atoms with Crippen LogP contribution in [0.4, 0.5) is 14.9 Å². The van der Waals surface area contributed by atoms with Crippen LogP contribution < -0.4 is 15.5 Å². The van der Waals surface area contributed by atoms with Gasteiger partial charge in [0, 0.05) is 5.56 Å². The van der Waals surface area contributed by atoms with Gasteiger partial charge in [0.05, 0.1) is 22.3 Å². The van der Waals surface area contributed by atoms with E-state index in [9.17, 15) is 18.8 Å². The number of rotatable bonds is 2. The number of fused-ring (bicyclic) bond motifs is 2. The van der Waals surface area contributed by atoms with Crippen LogP contribution in [-0.4, -0.2) is 17.8 Å². The summed E-state index contributed by atoms with van der Waals surface area (Å²) in [6.45, 7) is -0.0471. The third-order valence-electron chi connectivity index (χ3n) is 4.42. The lowest BCUT2D eigenvalue weighted by molar-refractivity contribution is -0.134. The van der Waals surface area contributed by atoms with Gasteiger partial charge in [-0.05, 0) is 23.8 Å². The largest absolute Gasteiger partial charge is 0.323 e. The van der Waals surface area contributed by atoms with Crippen molar-refractivity contribution in [2.75, 3.05) is 4.90 Å². The van der Waals surface area contributed by atoms with E-state index in [-0.39, 0.29) is 22.8 Å². The number of urea groups is 1. The second-order valence-electron chi connectivity index (χ2n) is 5.93. The zero-order valence-electron chi connectivity index (χ0n) is 13.0. The average Bonchev–Trinajstić information content (AvgIpc) is 3.02. The molecular weight excluding hydrogens is 384 g/mol. The van der Waals surface area contributed by atoms with Crippen LogP contribution >= 0.6 is 23.2 Å². The van der Waals surface area contributed by atoms with Crippen molar-refractivity contribution in [3.8, 4) is 0 Å². The van der Waals surface area contributed by atoms with Gasteiger partial charge < -0.3 is 10.2 Å². The van der Waals surface area contributed by atoms with Crippen molar-refractivity contribution in [2.24, 2.45) is 0 Å². The van der Waals surface area contributed by atoms with Crippen molar-refractivity contribution in [1.29, 1.82) is 0 Å². The Morgan fingerprint density at radius 1 is 1.08 bits per heavy atom. The van der Waals surface area contributed by atoms with Crippen LogP contribution in [0.5, 0.6) is 0 Å². The Morgan fingerprint density at radius 2 is 1.85 bits per heavy atom. The molecule has 1 atom stereocenters. The fourth-order valence-electron chi connectivity index (χ4n) is 3.28. The normalized spacial score (nSPS) is 21.2. The molecule has 1 saturated heterocycles. The Labute approximate surface area is 156 Å². The molecule has 0 aliphatic carbocycles. The third kappa shape index (κ3) is 2.21. The van der Waals surface area contributed by atoms with Crippen molar-refractivity contribution in [2.45, 2.75) is 12.1 Å². The molecule has 2 N–H and O–H groups in total. The topological polar surface area (TPSA) is 78.5 Å². The van der Waals surface area contributed by atoms with Crippen LogP contribution in [0.2, 0.25) is 10.0 Å². The van der Waals surface area contributed by atoms with E-state index < -0.39 is 29.2 Å². The molecule has 0 bridgehead atoms. The summed E-state index contributed by atoms with van der Waals surface area (Å²) in [5.74, 6) is -2.26. The summed E-state index contributed by atoms with van der Waals surface area (Å²) < 4.78 is 14.5. The molecule has 2 aliphatic rings. The minimum absolute atomic E-state index is 0.0471. The highest BCUT2D eigenvalue weighted by molar-refractivity contribution is 6.42. The number of benzene rings is 2. The number of nitrogens with one attached hydrogen (secondary N) is 2. The molecule has 2 aliphatic heterocycles. The fourth-order valence-corrected chi connectivity index (χ4v) is 3.60. The summed E-state index contributed by atoms with van der Waals surface area (Å²) in [6.07, 6.45) is 0. The molecule has 9 heteroatoms. The maximum Gasteiger partial charge on any atom is 0.323 e. The van der Waals surface area contributed by atoms with Crippen LogP contribution in [0, 0.1) is 5.82 Å². The lowest BCUT2D eigenvalue weighted by atomic mass is 9.91. The summed E-state index contributed by atoms with van der Waals surface area (Å²) in [4.78, 5) is 38.2. The van der Waals surface area contributed by atoms with Gasteiger partial charge in [0.2, 0.25) is 5.54 Å². The van der Waals surface area contributed by atoms with Crippen LogP contribution in [0.15, 0.2) is 36.4 Å². The fraction of sp³-hybridized carbons (Fsp3) is 0.118. The Kier molecular flexibility index (Phi) is 3.68. The van der Waals surface area contributed by atoms with Crippen molar-refractivity contribution in [3.05, 3.63) is 63.4 Å². The molecule has 1 fully saturated rings. The Balaban J connectivity index is 1.84. The smallest absolute Gasteiger partial charge is 0.312 e. The van der Waals surface area contributed by atoms with E-state index in [1.54, 1.807) is 18.2 Å². The zero-order valence-corrected chi connectivity index (χ0v) is 14.5. The van der Waals surface area contributed by atoms with Crippen LogP contribution in [0.1, 0.15) is 11.1 Å². The van der Waals surface area contributed by atoms with Gasteiger partial charge in [-0.15, -0.1) is 0 Å². The summed E-state index contributed by atoms with van der Waals surface area (Å²) in [5.41, 5.74) is -1.35. The molecule has 132 valence electrons. The molecule has 4 rings (SSSR count). The van der Waals surface area contributed by atoms with E-state index >= 15 is 0 Å². The van der Waals surface area contributed by atoms with Crippen molar-refractivity contribution in [3.63, 3.8) is 0 Å². The molecule has 1 spiro atoms. The first-order valence-electron chi connectivity index (χ1n) is 7.53. The number of amides is 4. The van der Waals surface area contributed by atoms with Crippen molar-refractivity contribution < 1.29 is 18.8 Å². The number of hydrogen-bond acceptors (Lipinski definition) is 3. The Hall–Kier alpha value is -2.64. The monoisotopic (exact) mass is 393 g/mol. The molecule has 0 aromatic heterocycles. The molecule has 26 heavy (non-hydrogen) atoms. The maximum atomic E-state index is 14.5. The van der Waals surface area contributed by atoms with Gasteiger partial charge in [-0.3, -0.25) is 14.9 Å². The second kappa shape index (κ2) is 5.69. The van der Waals surface area contributed by atoms with Gasteiger partial charge in [-0.1, -0.05) is 41.4 Å². The minimum atomic E-state index is -1.97. The van der Waals surface area contributed by atoms with Crippen molar-refractivity contribution in [1.82, 2.24) is 10.6 Å². The highest BCUT2D eigenvalue weighted by atomic mass is 35.5. The quantitative estimate of drug-likeness (QED) is 0.608. The van der Waals surface area contributed by atoms with E-state index in [2.05, 4.69) is 5.32 Å². The SMILES string of the molecule is O=C1NC(=O)C2(N1)C(=O)N(Cc1ccc(Cl)c(Cl)c1)c1c(F)cccc12. The van der Waals surface area contributed by atoms with Gasteiger partial charge in [-0.25, -0.2) is 9.18 Å². The van der Waals surface area contributed by atoms with E-state index in [1.807, 2.05) is 5.32 Å². The minimum Gasteiger partial charge on any atom is -0.312 e. The number of hydrogen-bond donors (Lipinski definition) is 2. The molecule has 0 saturated carbocycles. The van der Waals surface area contributed by atoms with E-state index in [1.165, 1.54) is 18.2 Å². The molecule has 2 heterocycles. The summed E-state index contributed by atoms with van der Waals surface area (Å²) in [7, 11) is 0. The highest BCUT2D eigenvalue weighted by Crippen LogP contribution is 2.44. The van der Waals surface area contributed by atoms with Gasteiger partial charge in [0.15, 0.2) is 0 Å². The van der Waals surface area contributed by atoms with Crippen LogP contribution in [-0.2, 0) is 21.7 Å². The molecule has 1 unspecified atom stereocenters. The van der Waals surface area contributed by atoms with E-state index in [0.29, 0.717) is 10.6 Å². The van der Waals surface area contributed by atoms with Gasteiger partial charge >= 0.3 is 6.03 Å². The summed E-state index contributed by atoms with van der Waals surface area (Å²) in [5, 5.41) is 5.01. The molecule has 4 amide bonds. The van der Waals surface area contributed by atoms with Crippen LogP contribution in [0.3, 0.4) is 0 Å². The average molecular weight is 394 g/mol. The number of para-hydroxylation sites is 1. The summed E-state index contributed by atoms with van der Waals surface area (Å²) in [6, 6.07) is 7.94. The first-order valence-corrected chi connectivity index (χ1v) is 8.28. The Morgan fingerprint density at radius 3 is 2.50 bits per heavy atom. The Bertz CT molecular complexity index is 997. The predicted molar refractivity (Wildman–Crippen MR) is 92.4 cm³/mol. The zero-order chi connectivity index (χ0) is 18.6. The summed E-state index contributed by atoms with van der Waals surface area (Å²) >= 11 is 11.9. The molecule has 2 aromatic carbocycles. The van der Waals surface area contributed by atoms with Crippen LogP contribution in [0.25, 0.3) is 0 Å². The number of halogens is 3. The first-order chi connectivity index (χ1) is 12.3. The number of carbonyl (C=O) groups excluding carboxylic acids is 3. The third-order valence-corrected chi connectivity index (χ3v) is 5.16. The number of anilines is 1. The molecule has 2 aromatic rings. The molecular formula is C17H10Cl2FN3O3. The number of imide groups is 1. The van der Waals surface area contributed by atoms with E-state index in [0.717, 1.165) is 4.90 Å². The number of carbonyl (C=O) groups is 3. The highest BCUT2D eigenvalue weighted by Gasteiger charge is 2.61. The lowest BCUT2D eigenvalue weighted by Crippen LogP contribution is -2.52. The molecule has 6 nitrogen and oxygen atoms in total. The van der Waals surface area contributed by atoms with E-state index in [4.69, 9.17) is 23.2 Å². The van der Waals surface area contributed by atoms with Gasteiger partial charge in [0.25, 0.3) is 11.8 Å². The first kappa shape index (κ1) is 16.8. The standard InChI is InChI=1S/C17H10Cl2FN3O3/c18-10-5-4-8(6-11(10)19)7-23-13-9(2-1-3-12(13)20)17(15(23)25)14(24)21-16(26)22-17/h1-6H,7H2,(H2,21,22,24,26). The maximum absolute atomic E-state index is 14.5. The number of nitrogens with zero attached hydrogens (tertiary/aromatic N) is 1. The van der Waals surface area contributed by atoms with Gasteiger partial charge in [-0.2, -0.15) is 0 Å². The van der Waals surface area contributed by atoms with Crippen molar-refractivity contribution >= 4 is 46.7 Å².